The Labute approximate surface area is 101 Å². The fourth-order valence-corrected chi connectivity index (χ4v) is 2.37. The van der Waals surface area contributed by atoms with Crippen LogP contribution in [-0.4, -0.2) is 9.78 Å². The maximum Gasteiger partial charge on any atom is 0.0926 e. The van der Waals surface area contributed by atoms with E-state index in [1.165, 1.54) is 24.1 Å². The molecule has 3 rings (SSSR count). The lowest BCUT2D eigenvalue weighted by Gasteiger charge is -2.11. The van der Waals surface area contributed by atoms with Crippen LogP contribution in [0.4, 0.5) is 0 Å². The smallest absolute Gasteiger partial charge is 0.0926 e. The number of hydrogen-bond acceptors (Lipinski definition) is 2. The van der Waals surface area contributed by atoms with Gasteiger partial charge in [0.2, 0.25) is 0 Å². The van der Waals surface area contributed by atoms with Gasteiger partial charge in [-0.15, -0.1) is 0 Å². The van der Waals surface area contributed by atoms with E-state index in [0.717, 1.165) is 24.2 Å². The first-order chi connectivity index (χ1) is 8.36. The minimum atomic E-state index is 0.597. The van der Waals surface area contributed by atoms with Crippen molar-refractivity contribution in [1.82, 2.24) is 9.78 Å². The molecule has 0 aliphatic carbocycles. The summed E-state index contributed by atoms with van der Waals surface area (Å²) in [5.74, 6) is 0. The van der Waals surface area contributed by atoms with Crippen LogP contribution in [0.1, 0.15) is 24.1 Å². The lowest BCUT2D eigenvalue weighted by atomic mass is 10.1. The molecule has 1 aromatic carbocycles. The third kappa shape index (κ3) is 1.98. The third-order valence-electron chi connectivity index (χ3n) is 3.40. The van der Waals surface area contributed by atoms with E-state index >= 15 is 0 Å². The van der Waals surface area contributed by atoms with Crippen LogP contribution in [0.2, 0.25) is 0 Å². The Bertz CT molecular complexity index is 487. The molecule has 0 saturated heterocycles. The van der Waals surface area contributed by atoms with Crippen LogP contribution in [-0.2, 0) is 19.5 Å². The summed E-state index contributed by atoms with van der Waals surface area (Å²) >= 11 is 0. The topological polar surface area (TPSA) is 43.8 Å². The predicted octanol–water partition coefficient (Wildman–Crippen LogP) is 2.35. The number of aryl methyl sites for hydroxylation is 2. The van der Waals surface area contributed by atoms with E-state index in [9.17, 15) is 0 Å². The SMILES string of the molecule is NCc1ccc(-c2cc3n(n2)CCCC3)cc1. The normalized spacial score (nSPS) is 14.6. The standard InChI is InChI=1S/C14H17N3/c15-10-11-4-6-12(7-5-11)14-9-13-3-1-2-8-17(13)16-14/h4-7,9H,1-3,8,10,15H2. The number of hydrogen-bond donors (Lipinski definition) is 1. The maximum atomic E-state index is 5.60. The molecule has 0 amide bonds. The number of rotatable bonds is 2. The van der Waals surface area contributed by atoms with Crippen molar-refractivity contribution in [3.63, 3.8) is 0 Å². The Hall–Kier alpha value is -1.61. The second-order valence-electron chi connectivity index (χ2n) is 4.60. The number of benzene rings is 1. The Morgan fingerprint density at radius 1 is 1.18 bits per heavy atom. The van der Waals surface area contributed by atoms with Crippen molar-refractivity contribution in [3.05, 3.63) is 41.6 Å². The quantitative estimate of drug-likeness (QED) is 0.855. The molecule has 1 aliphatic rings. The molecule has 0 spiro atoms. The summed E-state index contributed by atoms with van der Waals surface area (Å²) in [5, 5.41) is 4.66. The Balaban J connectivity index is 1.94. The van der Waals surface area contributed by atoms with Gasteiger partial charge in [-0.05, 0) is 30.9 Å². The van der Waals surface area contributed by atoms with Crippen LogP contribution in [0.15, 0.2) is 30.3 Å². The van der Waals surface area contributed by atoms with Crippen molar-refractivity contribution >= 4 is 0 Å². The van der Waals surface area contributed by atoms with Gasteiger partial charge in [0, 0.05) is 24.3 Å². The van der Waals surface area contributed by atoms with Gasteiger partial charge in [0.05, 0.1) is 5.69 Å². The van der Waals surface area contributed by atoms with Gasteiger partial charge in [-0.3, -0.25) is 4.68 Å². The minimum Gasteiger partial charge on any atom is -0.326 e. The first kappa shape index (κ1) is 10.5. The molecule has 88 valence electrons. The zero-order valence-electron chi connectivity index (χ0n) is 9.89. The van der Waals surface area contributed by atoms with E-state index in [-0.39, 0.29) is 0 Å². The van der Waals surface area contributed by atoms with Crippen LogP contribution in [0.3, 0.4) is 0 Å². The predicted molar refractivity (Wildman–Crippen MR) is 68.5 cm³/mol. The molecule has 0 bridgehead atoms. The first-order valence-electron chi connectivity index (χ1n) is 6.23. The molecule has 1 aromatic heterocycles. The van der Waals surface area contributed by atoms with Crippen LogP contribution in [0, 0.1) is 0 Å². The highest BCUT2D eigenvalue weighted by Crippen LogP contribution is 2.23. The van der Waals surface area contributed by atoms with Crippen molar-refractivity contribution in [3.8, 4) is 11.3 Å². The molecule has 2 N–H and O–H groups in total. The molecular formula is C14H17N3. The molecule has 1 aliphatic heterocycles. The Morgan fingerprint density at radius 2 is 2.00 bits per heavy atom. The Morgan fingerprint density at radius 3 is 2.71 bits per heavy atom. The highest BCUT2D eigenvalue weighted by atomic mass is 15.3. The molecule has 2 aromatic rings. The molecule has 17 heavy (non-hydrogen) atoms. The van der Waals surface area contributed by atoms with Gasteiger partial charge in [0.1, 0.15) is 0 Å². The molecule has 0 saturated carbocycles. The second kappa shape index (κ2) is 4.34. The number of aromatic nitrogens is 2. The fourth-order valence-electron chi connectivity index (χ4n) is 2.37. The van der Waals surface area contributed by atoms with E-state index in [4.69, 9.17) is 5.73 Å². The summed E-state index contributed by atoms with van der Waals surface area (Å²) in [6, 6.07) is 10.6. The van der Waals surface area contributed by atoms with E-state index < -0.39 is 0 Å². The second-order valence-corrected chi connectivity index (χ2v) is 4.60. The summed E-state index contributed by atoms with van der Waals surface area (Å²) in [6.07, 6.45) is 3.70. The average molecular weight is 227 g/mol. The van der Waals surface area contributed by atoms with Gasteiger partial charge < -0.3 is 5.73 Å². The third-order valence-corrected chi connectivity index (χ3v) is 3.40. The van der Waals surface area contributed by atoms with Crippen molar-refractivity contribution in [1.29, 1.82) is 0 Å². The minimum absolute atomic E-state index is 0.597. The van der Waals surface area contributed by atoms with Gasteiger partial charge >= 0.3 is 0 Å². The Kier molecular flexibility index (Phi) is 2.69. The molecule has 0 unspecified atom stereocenters. The molecule has 0 atom stereocenters. The summed E-state index contributed by atoms with van der Waals surface area (Å²) < 4.78 is 2.15. The summed E-state index contributed by atoms with van der Waals surface area (Å²) in [4.78, 5) is 0. The zero-order chi connectivity index (χ0) is 11.7. The summed E-state index contributed by atoms with van der Waals surface area (Å²) in [7, 11) is 0. The number of fused-ring (bicyclic) bond motifs is 1. The highest BCUT2D eigenvalue weighted by molar-refractivity contribution is 5.59. The van der Waals surface area contributed by atoms with Crippen LogP contribution >= 0.6 is 0 Å². The van der Waals surface area contributed by atoms with Crippen LogP contribution in [0.5, 0.6) is 0 Å². The van der Waals surface area contributed by atoms with Crippen LogP contribution < -0.4 is 5.73 Å². The van der Waals surface area contributed by atoms with E-state index in [2.05, 4.69) is 40.1 Å². The highest BCUT2D eigenvalue weighted by Gasteiger charge is 2.12. The summed E-state index contributed by atoms with van der Waals surface area (Å²) in [5.41, 5.74) is 10.4. The van der Waals surface area contributed by atoms with Crippen molar-refractivity contribution in [2.45, 2.75) is 32.4 Å². The van der Waals surface area contributed by atoms with Crippen molar-refractivity contribution in [2.75, 3.05) is 0 Å². The first-order valence-corrected chi connectivity index (χ1v) is 6.23. The fraction of sp³-hybridized carbons (Fsp3) is 0.357. The lowest BCUT2D eigenvalue weighted by molar-refractivity contribution is 0.487. The molecule has 2 heterocycles. The van der Waals surface area contributed by atoms with Gasteiger partial charge in [-0.1, -0.05) is 24.3 Å². The molecule has 3 nitrogen and oxygen atoms in total. The molecule has 3 heteroatoms. The number of nitrogens with zero attached hydrogens (tertiary/aromatic N) is 2. The zero-order valence-corrected chi connectivity index (χ0v) is 9.89. The van der Waals surface area contributed by atoms with E-state index in [1.807, 2.05) is 0 Å². The molecular weight excluding hydrogens is 210 g/mol. The molecule has 0 fully saturated rings. The van der Waals surface area contributed by atoms with Gasteiger partial charge in [0.25, 0.3) is 0 Å². The van der Waals surface area contributed by atoms with Crippen molar-refractivity contribution in [2.24, 2.45) is 5.73 Å². The van der Waals surface area contributed by atoms with Gasteiger partial charge in [0.15, 0.2) is 0 Å². The summed E-state index contributed by atoms with van der Waals surface area (Å²) in [6.45, 7) is 1.66. The molecule has 0 radical (unpaired) electrons. The van der Waals surface area contributed by atoms with Gasteiger partial charge in [-0.25, -0.2) is 0 Å². The van der Waals surface area contributed by atoms with Crippen LogP contribution in [0.25, 0.3) is 11.3 Å². The number of nitrogens with two attached hydrogens (primary N) is 1. The average Bonchev–Trinajstić information content (AvgIpc) is 2.82. The maximum absolute atomic E-state index is 5.60. The largest absolute Gasteiger partial charge is 0.326 e. The van der Waals surface area contributed by atoms with E-state index in [1.54, 1.807) is 0 Å². The van der Waals surface area contributed by atoms with E-state index in [0.29, 0.717) is 6.54 Å². The van der Waals surface area contributed by atoms with Crippen molar-refractivity contribution < 1.29 is 0 Å². The van der Waals surface area contributed by atoms with Gasteiger partial charge in [-0.2, -0.15) is 5.10 Å². The monoisotopic (exact) mass is 227 g/mol. The lowest BCUT2D eigenvalue weighted by Crippen LogP contribution is -2.10.